The van der Waals surface area contributed by atoms with Crippen LogP contribution in [0.15, 0.2) is 12.7 Å². The summed E-state index contributed by atoms with van der Waals surface area (Å²) in [6.45, 7) is 11.6. The van der Waals surface area contributed by atoms with Gasteiger partial charge in [-0.15, -0.1) is 6.58 Å². The Hall–Kier alpha value is -0.300. The summed E-state index contributed by atoms with van der Waals surface area (Å²) in [5.74, 6) is 0.833. The summed E-state index contributed by atoms with van der Waals surface area (Å²) in [5.41, 5.74) is 0. The van der Waals surface area contributed by atoms with Crippen LogP contribution in [0.2, 0.25) is 0 Å². The van der Waals surface area contributed by atoms with Gasteiger partial charge in [0.15, 0.2) is 0 Å². The Morgan fingerprint density at radius 3 is 2.23 bits per heavy atom. The van der Waals surface area contributed by atoms with Crippen molar-refractivity contribution in [2.45, 2.75) is 52.5 Å². The molecule has 0 heterocycles. The van der Waals surface area contributed by atoms with Crippen LogP contribution in [0, 0.1) is 5.92 Å². The van der Waals surface area contributed by atoms with Crippen molar-refractivity contribution in [3.63, 3.8) is 0 Å². The summed E-state index contributed by atoms with van der Waals surface area (Å²) in [6.07, 6.45) is 6.96. The van der Waals surface area contributed by atoms with E-state index in [4.69, 9.17) is 0 Å². The molecule has 0 aromatic heterocycles. The SMILES string of the molecule is C=CCCC(NCC)C(CC)CC. The van der Waals surface area contributed by atoms with Gasteiger partial charge < -0.3 is 5.32 Å². The number of hydrogen-bond acceptors (Lipinski definition) is 1. The van der Waals surface area contributed by atoms with Crippen molar-refractivity contribution < 1.29 is 0 Å². The van der Waals surface area contributed by atoms with Gasteiger partial charge in [0.05, 0.1) is 0 Å². The molecule has 0 saturated heterocycles. The highest BCUT2D eigenvalue weighted by molar-refractivity contribution is 4.78. The molecular weight excluding hydrogens is 158 g/mol. The highest BCUT2D eigenvalue weighted by atomic mass is 14.9. The van der Waals surface area contributed by atoms with Gasteiger partial charge in [-0.2, -0.15) is 0 Å². The van der Waals surface area contributed by atoms with Crippen LogP contribution in [0.1, 0.15) is 46.5 Å². The lowest BCUT2D eigenvalue weighted by atomic mass is 9.91. The van der Waals surface area contributed by atoms with Crippen LogP contribution >= 0.6 is 0 Å². The second-order valence-electron chi connectivity index (χ2n) is 3.61. The Morgan fingerprint density at radius 2 is 1.85 bits per heavy atom. The summed E-state index contributed by atoms with van der Waals surface area (Å²) in [6, 6.07) is 0.693. The first-order chi connectivity index (χ1) is 6.29. The van der Waals surface area contributed by atoms with Gasteiger partial charge in [0.1, 0.15) is 0 Å². The number of hydrogen-bond donors (Lipinski definition) is 1. The van der Waals surface area contributed by atoms with Crippen LogP contribution in [-0.2, 0) is 0 Å². The largest absolute Gasteiger partial charge is 0.314 e. The molecule has 0 radical (unpaired) electrons. The zero-order chi connectivity index (χ0) is 10.1. The molecule has 0 aromatic rings. The standard InChI is InChI=1S/C12H25N/c1-5-9-10-12(13-8-4)11(6-2)7-3/h5,11-13H,1,6-10H2,2-4H3. The van der Waals surface area contributed by atoms with E-state index < -0.39 is 0 Å². The number of rotatable bonds is 8. The second kappa shape index (κ2) is 8.31. The quantitative estimate of drug-likeness (QED) is 0.569. The summed E-state index contributed by atoms with van der Waals surface area (Å²) >= 11 is 0. The minimum Gasteiger partial charge on any atom is -0.314 e. The van der Waals surface area contributed by atoms with Crippen molar-refractivity contribution in [1.82, 2.24) is 5.32 Å². The van der Waals surface area contributed by atoms with Crippen molar-refractivity contribution in [3.8, 4) is 0 Å². The lowest BCUT2D eigenvalue weighted by Gasteiger charge is -2.25. The second-order valence-corrected chi connectivity index (χ2v) is 3.61. The molecule has 0 amide bonds. The molecular formula is C12H25N. The molecule has 13 heavy (non-hydrogen) atoms. The molecule has 0 rings (SSSR count). The lowest BCUT2D eigenvalue weighted by Crippen LogP contribution is -2.35. The van der Waals surface area contributed by atoms with Crippen molar-refractivity contribution >= 4 is 0 Å². The maximum atomic E-state index is 3.78. The summed E-state index contributed by atoms with van der Waals surface area (Å²) < 4.78 is 0. The summed E-state index contributed by atoms with van der Waals surface area (Å²) in [5, 5.41) is 3.57. The predicted molar refractivity (Wildman–Crippen MR) is 61.0 cm³/mol. The van der Waals surface area contributed by atoms with Gasteiger partial charge in [-0.1, -0.05) is 39.7 Å². The van der Waals surface area contributed by atoms with Gasteiger partial charge in [0, 0.05) is 6.04 Å². The van der Waals surface area contributed by atoms with Gasteiger partial charge in [-0.05, 0) is 25.3 Å². The van der Waals surface area contributed by atoms with E-state index in [2.05, 4.69) is 32.7 Å². The lowest BCUT2D eigenvalue weighted by molar-refractivity contribution is 0.324. The summed E-state index contributed by atoms with van der Waals surface area (Å²) in [7, 11) is 0. The molecule has 0 spiro atoms. The van der Waals surface area contributed by atoms with E-state index in [1.54, 1.807) is 0 Å². The Balaban J connectivity index is 3.94. The monoisotopic (exact) mass is 183 g/mol. The molecule has 0 aliphatic heterocycles. The molecule has 1 atom stereocenters. The molecule has 0 bridgehead atoms. The molecule has 0 aliphatic carbocycles. The van der Waals surface area contributed by atoms with E-state index >= 15 is 0 Å². The predicted octanol–water partition coefficient (Wildman–Crippen LogP) is 3.37. The van der Waals surface area contributed by atoms with E-state index in [1.807, 2.05) is 6.08 Å². The van der Waals surface area contributed by atoms with E-state index in [9.17, 15) is 0 Å². The molecule has 1 nitrogen and oxygen atoms in total. The fraction of sp³-hybridized carbons (Fsp3) is 0.833. The van der Waals surface area contributed by atoms with Gasteiger partial charge in [-0.3, -0.25) is 0 Å². The van der Waals surface area contributed by atoms with Crippen LogP contribution in [0.4, 0.5) is 0 Å². The minimum atomic E-state index is 0.693. The fourth-order valence-electron chi connectivity index (χ4n) is 1.92. The zero-order valence-electron chi connectivity index (χ0n) is 9.47. The van der Waals surface area contributed by atoms with Crippen molar-refractivity contribution in [1.29, 1.82) is 0 Å². The van der Waals surface area contributed by atoms with Gasteiger partial charge in [0.2, 0.25) is 0 Å². The van der Waals surface area contributed by atoms with Crippen molar-refractivity contribution in [2.75, 3.05) is 6.54 Å². The molecule has 0 aliphatic rings. The highest BCUT2D eigenvalue weighted by Gasteiger charge is 2.15. The average Bonchev–Trinajstić information content (AvgIpc) is 2.16. The smallest absolute Gasteiger partial charge is 0.00979 e. The van der Waals surface area contributed by atoms with Crippen LogP contribution in [0.5, 0.6) is 0 Å². The zero-order valence-corrected chi connectivity index (χ0v) is 9.47. The highest BCUT2D eigenvalue weighted by Crippen LogP contribution is 2.17. The molecule has 0 saturated carbocycles. The van der Waals surface area contributed by atoms with E-state index in [0.29, 0.717) is 6.04 Å². The fourth-order valence-corrected chi connectivity index (χ4v) is 1.92. The third-order valence-corrected chi connectivity index (χ3v) is 2.77. The molecule has 1 unspecified atom stereocenters. The normalized spacial score (nSPS) is 13.2. The van der Waals surface area contributed by atoms with E-state index in [1.165, 1.54) is 19.3 Å². The van der Waals surface area contributed by atoms with Gasteiger partial charge in [0.25, 0.3) is 0 Å². The van der Waals surface area contributed by atoms with Crippen molar-refractivity contribution in [2.24, 2.45) is 5.92 Å². The molecule has 78 valence electrons. The van der Waals surface area contributed by atoms with Crippen LogP contribution in [0.3, 0.4) is 0 Å². The average molecular weight is 183 g/mol. The Morgan fingerprint density at radius 1 is 1.23 bits per heavy atom. The van der Waals surface area contributed by atoms with Gasteiger partial charge >= 0.3 is 0 Å². The first-order valence-electron chi connectivity index (χ1n) is 5.64. The first kappa shape index (κ1) is 12.7. The molecule has 0 aromatic carbocycles. The van der Waals surface area contributed by atoms with Gasteiger partial charge in [-0.25, -0.2) is 0 Å². The third kappa shape index (κ3) is 5.09. The van der Waals surface area contributed by atoms with Crippen LogP contribution in [0.25, 0.3) is 0 Å². The Bertz CT molecular complexity index is 116. The first-order valence-corrected chi connectivity index (χ1v) is 5.64. The van der Waals surface area contributed by atoms with E-state index in [-0.39, 0.29) is 0 Å². The minimum absolute atomic E-state index is 0.693. The van der Waals surface area contributed by atoms with E-state index in [0.717, 1.165) is 18.9 Å². The summed E-state index contributed by atoms with van der Waals surface area (Å²) in [4.78, 5) is 0. The third-order valence-electron chi connectivity index (χ3n) is 2.77. The maximum Gasteiger partial charge on any atom is 0.00979 e. The van der Waals surface area contributed by atoms with Crippen LogP contribution < -0.4 is 5.32 Å². The van der Waals surface area contributed by atoms with Crippen molar-refractivity contribution in [3.05, 3.63) is 12.7 Å². The number of allylic oxidation sites excluding steroid dienone is 1. The molecule has 1 N–H and O–H groups in total. The number of nitrogens with one attached hydrogen (secondary N) is 1. The molecule has 0 fully saturated rings. The topological polar surface area (TPSA) is 12.0 Å². The maximum absolute atomic E-state index is 3.78. The van der Waals surface area contributed by atoms with Crippen LogP contribution in [-0.4, -0.2) is 12.6 Å². The Kier molecular flexibility index (Phi) is 8.11. The Labute approximate surface area is 83.6 Å². The molecule has 1 heteroatoms.